The molecule has 1 aromatic heterocycles. The second kappa shape index (κ2) is 6.40. The molecule has 1 heterocycles. The normalized spacial score (nSPS) is 12.6. The van der Waals surface area contributed by atoms with Crippen LogP contribution in [0.25, 0.3) is 11.0 Å². The molecule has 0 fully saturated rings. The Morgan fingerprint density at radius 1 is 1.25 bits per heavy atom. The predicted octanol–water partition coefficient (Wildman–Crippen LogP) is 2.37. The lowest BCUT2D eigenvalue weighted by atomic mass is 10.2. The van der Waals surface area contributed by atoms with Crippen LogP contribution in [-0.2, 0) is 21.5 Å². The largest absolute Gasteiger partial charge is 0.443 e. The van der Waals surface area contributed by atoms with Crippen LogP contribution in [0.15, 0.2) is 28.8 Å². The number of rotatable bonds is 4. The van der Waals surface area contributed by atoms with Gasteiger partial charge in [0.1, 0.15) is 11.3 Å². The monoisotopic (exact) mass is 355 g/mol. The number of carbonyl (C=O) groups excluding carboxylic acids is 1. The Labute approximate surface area is 141 Å². The summed E-state index contributed by atoms with van der Waals surface area (Å²) >= 11 is 0. The number of aromatic nitrogens is 1. The molecule has 2 aromatic rings. The van der Waals surface area contributed by atoms with Gasteiger partial charge in [0.25, 0.3) is 0 Å². The Morgan fingerprint density at radius 2 is 1.88 bits per heavy atom. The van der Waals surface area contributed by atoms with Crippen LogP contribution in [0.1, 0.15) is 26.5 Å². The SMILES string of the molecule is CN(C)S(=O)(=O)N(Cc1noc2ccccc12)C(=O)OC(C)(C)C. The zero-order valence-corrected chi connectivity index (χ0v) is 15.1. The maximum atomic E-state index is 12.5. The van der Waals surface area contributed by atoms with E-state index in [0.29, 0.717) is 21.0 Å². The van der Waals surface area contributed by atoms with Gasteiger partial charge in [0, 0.05) is 19.5 Å². The van der Waals surface area contributed by atoms with Crippen LogP contribution in [0.3, 0.4) is 0 Å². The fourth-order valence-corrected chi connectivity index (χ4v) is 2.84. The van der Waals surface area contributed by atoms with Crippen molar-refractivity contribution in [1.29, 1.82) is 0 Å². The van der Waals surface area contributed by atoms with Crippen LogP contribution in [-0.4, -0.2) is 48.0 Å². The number of amides is 1. The predicted molar refractivity (Wildman–Crippen MR) is 88.4 cm³/mol. The Kier molecular flexibility index (Phi) is 4.86. The summed E-state index contributed by atoms with van der Waals surface area (Å²) in [5, 5.41) is 4.52. The van der Waals surface area contributed by atoms with E-state index in [4.69, 9.17) is 9.26 Å². The number of nitrogens with zero attached hydrogens (tertiary/aromatic N) is 3. The first-order chi connectivity index (χ1) is 11.0. The van der Waals surface area contributed by atoms with Gasteiger partial charge in [-0.2, -0.15) is 17.0 Å². The molecule has 0 aliphatic rings. The molecule has 132 valence electrons. The quantitative estimate of drug-likeness (QED) is 0.836. The molecule has 0 unspecified atom stereocenters. The smallest absolute Gasteiger partial charge is 0.425 e. The molecule has 1 amide bonds. The molecule has 8 nitrogen and oxygen atoms in total. The van der Waals surface area contributed by atoms with Gasteiger partial charge in [-0.05, 0) is 32.9 Å². The molecular weight excluding hydrogens is 334 g/mol. The summed E-state index contributed by atoms with van der Waals surface area (Å²) in [5.41, 5.74) is 0.0176. The molecule has 0 atom stereocenters. The van der Waals surface area contributed by atoms with E-state index in [9.17, 15) is 13.2 Å². The molecule has 1 aromatic carbocycles. The van der Waals surface area contributed by atoms with Gasteiger partial charge >= 0.3 is 16.3 Å². The van der Waals surface area contributed by atoms with Crippen molar-refractivity contribution in [1.82, 2.24) is 13.8 Å². The van der Waals surface area contributed by atoms with Crippen molar-refractivity contribution in [3.05, 3.63) is 30.0 Å². The topological polar surface area (TPSA) is 93.0 Å². The third-order valence-electron chi connectivity index (χ3n) is 3.08. The molecule has 0 saturated heterocycles. The third-order valence-corrected chi connectivity index (χ3v) is 4.84. The minimum absolute atomic E-state index is 0.285. The number of hydrogen-bond acceptors (Lipinski definition) is 6. The molecule has 9 heteroatoms. The fourth-order valence-electron chi connectivity index (χ4n) is 1.94. The molecule has 0 saturated carbocycles. The van der Waals surface area contributed by atoms with Crippen molar-refractivity contribution in [3.63, 3.8) is 0 Å². The van der Waals surface area contributed by atoms with Gasteiger partial charge in [-0.25, -0.2) is 4.79 Å². The molecule has 2 rings (SSSR count). The van der Waals surface area contributed by atoms with E-state index >= 15 is 0 Å². The first-order valence-electron chi connectivity index (χ1n) is 7.29. The van der Waals surface area contributed by atoms with Crippen LogP contribution in [0, 0.1) is 0 Å². The molecular formula is C15H21N3O5S. The first kappa shape index (κ1) is 18.2. The second-order valence-electron chi connectivity index (χ2n) is 6.40. The lowest BCUT2D eigenvalue weighted by Crippen LogP contribution is -2.45. The maximum Gasteiger partial charge on any atom is 0.425 e. The zero-order valence-electron chi connectivity index (χ0n) is 14.3. The lowest BCUT2D eigenvalue weighted by Gasteiger charge is -2.28. The van der Waals surface area contributed by atoms with Crippen molar-refractivity contribution in [2.45, 2.75) is 32.9 Å². The summed E-state index contributed by atoms with van der Waals surface area (Å²) in [5.74, 6) is 0. The van der Waals surface area contributed by atoms with Gasteiger partial charge in [-0.3, -0.25) is 0 Å². The van der Waals surface area contributed by atoms with Gasteiger partial charge < -0.3 is 9.26 Å². The minimum Gasteiger partial charge on any atom is -0.443 e. The second-order valence-corrected chi connectivity index (χ2v) is 8.47. The van der Waals surface area contributed by atoms with Crippen LogP contribution >= 0.6 is 0 Å². The molecule has 0 spiro atoms. The van der Waals surface area contributed by atoms with Gasteiger partial charge in [0.2, 0.25) is 0 Å². The van der Waals surface area contributed by atoms with Crippen LogP contribution in [0.5, 0.6) is 0 Å². The van der Waals surface area contributed by atoms with Crippen LogP contribution in [0.2, 0.25) is 0 Å². The van der Waals surface area contributed by atoms with E-state index in [1.54, 1.807) is 45.0 Å². The first-order valence-corrected chi connectivity index (χ1v) is 8.68. The van der Waals surface area contributed by atoms with E-state index in [-0.39, 0.29) is 6.54 Å². The Morgan fingerprint density at radius 3 is 2.46 bits per heavy atom. The standard InChI is InChI=1S/C15H21N3O5S/c1-15(2,3)22-14(19)18(24(20,21)17(4)5)10-12-11-8-6-7-9-13(11)23-16-12/h6-9H,10H2,1-5H3. The maximum absolute atomic E-state index is 12.5. The Balaban J connectivity index is 2.41. The van der Waals surface area contributed by atoms with Gasteiger partial charge in [0.05, 0.1) is 6.54 Å². The van der Waals surface area contributed by atoms with E-state index in [2.05, 4.69) is 5.16 Å². The summed E-state index contributed by atoms with van der Waals surface area (Å²) in [4.78, 5) is 12.4. The number of para-hydroxylation sites is 1. The highest BCUT2D eigenvalue weighted by molar-refractivity contribution is 7.87. The molecule has 0 aliphatic carbocycles. The van der Waals surface area contributed by atoms with E-state index in [0.717, 1.165) is 4.31 Å². The van der Waals surface area contributed by atoms with Crippen molar-refractivity contribution >= 4 is 27.3 Å². The van der Waals surface area contributed by atoms with Gasteiger partial charge in [0.15, 0.2) is 5.58 Å². The van der Waals surface area contributed by atoms with Gasteiger partial charge in [-0.15, -0.1) is 0 Å². The highest BCUT2D eigenvalue weighted by Crippen LogP contribution is 2.22. The number of hydrogen-bond donors (Lipinski definition) is 0. The summed E-state index contributed by atoms with van der Waals surface area (Å²) in [7, 11) is -1.36. The minimum atomic E-state index is -4.04. The highest BCUT2D eigenvalue weighted by atomic mass is 32.2. The summed E-state index contributed by atoms with van der Waals surface area (Å²) < 4.78 is 37.0. The van der Waals surface area contributed by atoms with Crippen molar-refractivity contribution in [2.75, 3.05) is 14.1 Å². The fraction of sp³-hybridized carbons (Fsp3) is 0.467. The molecule has 0 bridgehead atoms. The van der Waals surface area contributed by atoms with Crippen LogP contribution < -0.4 is 0 Å². The molecule has 0 aliphatic heterocycles. The average Bonchev–Trinajstić information content (AvgIpc) is 2.85. The van der Waals surface area contributed by atoms with Crippen molar-refractivity contribution < 1.29 is 22.5 Å². The summed E-state index contributed by atoms with van der Waals surface area (Å²) in [6.07, 6.45) is -0.969. The van der Waals surface area contributed by atoms with E-state index < -0.39 is 21.9 Å². The zero-order chi connectivity index (χ0) is 18.1. The lowest BCUT2D eigenvalue weighted by molar-refractivity contribution is 0.0372. The number of carbonyl (C=O) groups is 1. The Bertz CT molecular complexity index is 836. The van der Waals surface area contributed by atoms with Crippen LogP contribution in [0.4, 0.5) is 4.79 Å². The molecule has 0 radical (unpaired) electrons. The number of benzene rings is 1. The van der Waals surface area contributed by atoms with E-state index in [1.165, 1.54) is 14.1 Å². The van der Waals surface area contributed by atoms with Crippen molar-refractivity contribution in [3.8, 4) is 0 Å². The number of ether oxygens (including phenoxy) is 1. The van der Waals surface area contributed by atoms with Gasteiger partial charge in [-0.1, -0.05) is 17.3 Å². The number of fused-ring (bicyclic) bond motifs is 1. The third kappa shape index (κ3) is 3.85. The van der Waals surface area contributed by atoms with Crippen molar-refractivity contribution in [2.24, 2.45) is 0 Å². The average molecular weight is 355 g/mol. The summed E-state index contributed by atoms with van der Waals surface area (Å²) in [6.45, 7) is 4.71. The molecule has 24 heavy (non-hydrogen) atoms. The van der Waals surface area contributed by atoms with E-state index in [1.807, 2.05) is 0 Å². The summed E-state index contributed by atoms with van der Waals surface area (Å²) in [6, 6.07) is 7.02. The molecule has 0 N–H and O–H groups in total. The Hall–Kier alpha value is -2.13. The highest BCUT2D eigenvalue weighted by Gasteiger charge is 2.34.